The number of fused-ring (bicyclic) bond motifs is 1. The van der Waals surface area contributed by atoms with E-state index in [4.69, 9.17) is 4.74 Å². The first-order chi connectivity index (χ1) is 12.0. The molecule has 2 amide bonds. The molecule has 0 spiro atoms. The van der Waals surface area contributed by atoms with Crippen molar-refractivity contribution >= 4 is 23.6 Å². The lowest BCUT2D eigenvalue weighted by atomic mass is 10.1. The fraction of sp³-hybridized carbons (Fsp3) is 0.579. The lowest BCUT2D eigenvalue weighted by Crippen LogP contribution is -2.50. The topological polar surface area (TPSA) is 58.6 Å². The lowest BCUT2D eigenvalue weighted by molar-refractivity contribution is -0.137. The van der Waals surface area contributed by atoms with Gasteiger partial charge < -0.3 is 15.0 Å². The van der Waals surface area contributed by atoms with Crippen LogP contribution in [-0.4, -0.2) is 46.5 Å². The second-order valence-corrected chi connectivity index (χ2v) is 8.34. The van der Waals surface area contributed by atoms with E-state index in [1.165, 1.54) is 0 Å². The average Bonchev–Trinajstić information content (AvgIpc) is 3.11. The van der Waals surface area contributed by atoms with E-state index < -0.39 is 0 Å². The number of amides is 2. The molecule has 3 unspecified atom stereocenters. The summed E-state index contributed by atoms with van der Waals surface area (Å²) in [5.74, 6) is 0.755. The number of hydrogen-bond donors (Lipinski definition) is 1. The number of rotatable bonds is 7. The van der Waals surface area contributed by atoms with E-state index >= 15 is 0 Å². The number of carbonyl (C=O) groups is 2. The SMILES string of the molecule is CC(OCCCNC(=O)C1CSC2(C)CCC(=O)N12)c1ccccc1. The van der Waals surface area contributed by atoms with Crippen molar-refractivity contribution in [2.45, 2.75) is 50.1 Å². The molecule has 3 rings (SSSR count). The fourth-order valence-electron chi connectivity index (χ4n) is 3.50. The number of ether oxygens (including phenoxy) is 1. The van der Waals surface area contributed by atoms with Gasteiger partial charge in [0.25, 0.3) is 0 Å². The van der Waals surface area contributed by atoms with Gasteiger partial charge in [-0.2, -0.15) is 0 Å². The Morgan fingerprint density at radius 2 is 2.20 bits per heavy atom. The highest BCUT2D eigenvalue weighted by atomic mass is 32.2. The molecule has 5 nitrogen and oxygen atoms in total. The summed E-state index contributed by atoms with van der Waals surface area (Å²) in [6.45, 7) is 5.26. The zero-order chi connectivity index (χ0) is 17.9. The summed E-state index contributed by atoms with van der Waals surface area (Å²) in [6, 6.07) is 9.77. The van der Waals surface area contributed by atoms with E-state index in [1.807, 2.05) is 37.3 Å². The third kappa shape index (κ3) is 4.01. The smallest absolute Gasteiger partial charge is 0.243 e. The summed E-state index contributed by atoms with van der Waals surface area (Å²) in [5, 5.41) is 2.96. The van der Waals surface area contributed by atoms with Crippen molar-refractivity contribution < 1.29 is 14.3 Å². The van der Waals surface area contributed by atoms with Crippen LogP contribution in [0.15, 0.2) is 30.3 Å². The van der Waals surface area contributed by atoms with Crippen molar-refractivity contribution in [3.8, 4) is 0 Å². The van der Waals surface area contributed by atoms with Gasteiger partial charge in [-0.3, -0.25) is 9.59 Å². The van der Waals surface area contributed by atoms with E-state index in [0.717, 1.165) is 18.4 Å². The molecule has 0 saturated carbocycles. The van der Waals surface area contributed by atoms with E-state index in [9.17, 15) is 9.59 Å². The van der Waals surface area contributed by atoms with E-state index in [-0.39, 0.29) is 28.8 Å². The molecule has 2 saturated heterocycles. The molecular formula is C19H26N2O3S. The summed E-state index contributed by atoms with van der Waals surface area (Å²) in [4.78, 5) is 26.1. The van der Waals surface area contributed by atoms with Crippen LogP contribution in [0.2, 0.25) is 0 Å². The molecule has 1 aromatic carbocycles. The summed E-state index contributed by atoms with van der Waals surface area (Å²) < 4.78 is 5.82. The molecule has 2 fully saturated rings. The van der Waals surface area contributed by atoms with Crippen LogP contribution >= 0.6 is 11.8 Å². The molecule has 1 N–H and O–H groups in total. The molecule has 25 heavy (non-hydrogen) atoms. The molecular weight excluding hydrogens is 336 g/mol. The third-order valence-corrected chi connectivity index (χ3v) is 6.51. The second-order valence-electron chi connectivity index (χ2n) is 6.83. The standard InChI is InChI=1S/C19H26N2O3S/c1-14(15-7-4-3-5-8-15)24-12-6-11-20-18(23)16-13-25-19(2)10-9-17(22)21(16)19/h3-5,7-8,14,16H,6,9-13H2,1-2H3,(H,20,23). The van der Waals surface area contributed by atoms with Gasteiger partial charge in [0.15, 0.2) is 0 Å². The van der Waals surface area contributed by atoms with Gasteiger partial charge >= 0.3 is 0 Å². The first-order valence-electron chi connectivity index (χ1n) is 8.92. The number of thioether (sulfide) groups is 1. The summed E-state index contributed by atoms with van der Waals surface area (Å²) >= 11 is 1.72. The Labute approximate surface area is 153 Å². The first kappa shape index (κ1) is 18.3. The van der Waals surface area contributed by atoms with E-state index in [0.29, 0.717) is 25.3 Å². The largest absolute Gasteiger partial charge is 0.374 e. The zero-order valence-electron chi connectivity index (χ0n) is 14.9. The van der Waals surface area contributed by atoms with Crippen LogP contribution in [0.1, 0.15) is 44.8 Å². The Bertz CT molecular complexity index is 624. The first-order valence-corrected chi connectivity index (χ1v) is 9.90. The minimum absolute atomic E-state index is 0.0393. The highest BCUT2D eigenvalue weighted by Crippen LogP contribution is 2.47. The molecule has 2 aliphatic rings. The maximum absolute atomic E-state index is 12.4. The van der Waals surface area contributed by atoms with Crippen molar-refractivity contribution in [3.63, 3.8) is 0 Å². The van der Waals surface area contributed by atoms with Crippen molar-refractivity contribution in [2.24, 2.45) is 0 Å². The predicted octanol–water partition coefficient (Wildman–Crippen LogP) is 2.72. The maximum Gasteiger partial charge on any atom is 0.243 e. The molecule has 0 radical (unpaired) electrons. The van der Waals surface area contributed by atoms with Crippen molar-refractivity contribution in [3.05, 3.63) is 35.9 Å². The molecule has 1 aromatic rings. The average molecular weight is 362 g/mol. The lowest BCUT2D eigenvalue weighted by Gasteiger charge is -2.29. The van der Waals surface area contributed by atoms with Gasteiger partial charge in [0.2, 0.25) is 11.8 Å². The summed E-state index contributed by atoms with van der Waals surface area (Å²) in [5.41, 5.74) is 1.15. The number of hydrogen-bond acceptors (Lipinski definition) is 4. The molecule has 136 valence electrons. The predicted molar refractivity (Wildman–Crippen MR) is 99.2 cm³/mol. The molecule has 3 atom stereocenters. The van der Waals surface area contributed by atoms with Crippen LogP contribution in [0.3, 0.4) is 0 Å². The van der Waals surface area contributed by atoms with Crippen LogP contribution in [0.25, 0.3) is 0 Å². The van der Waals surface area contributed by atoms with Crippen molar-refractivity contribution in [1.29, 1.82) is 0 Å². The highest BCUT2D eigenvalue weighted by molar-refractivity contribution is 8.01. The zero-order valence-corrected chi connectivity index (χ0v) is 15.7. The molecule has 0 bridgehead atoms. The van der Waals surface area contributed by atoms with Crippen LogP contribution in [0.5, 0.6) is 0 Å². The van der Waals surface area contributed by atoms with Crippen molar-refractivity contribution in [2.75, 3.05) is 18.9 Å². The van der Waals surface area contributed by atoms with Gasteiger partial charge in [0.1, 0.15) is 6.04 Å². The Hall–Kier alpha value is -1.53. The summed E-state index contributed by atoms with van der Waals surface area (Å²) in [6.07, 6.45) is 2.20. The molecule has 0 aromatic heterocycles. The van der Waals surface area contributed by atoms with Gasteiger partial charge in [-0.05, 0) is 32.3 Å². The van der Waals surface area contributed by atoms with E-state index in [1.54, 1.807) is 16.7 Å². The number of benzene rings is 1. The molecule has 2 aliphatic heterocycles. The Balaban J connectivity index is 1.38. The Morgan fingerprint density at radius 1 is 1.44 bits per heavy atom. The van der Waals surface area contributed by atoms with Gasteiger partial charge in [0, 0.05) is 25.3 Å². The van der Waals surface area contributed by atoms with Crippen LogP contribution < -0.4 is 5.32 Å². The minimum Gasteiger partial charge on any atom is -0.374 e. The van der Waals surface area contributed by atoms with Gasteiger partial charge in [0.05, 0.1) is 11.0 Å². The van der Waals surface area contributed by atoms with Crippen molar-refractivity contribution in [1.82, 2.24) is 10.2 Å². The highest BCUT2D eigenvalue weighted by Gasteiger charge is 2.52. The normalized spacial score (nSPS) is 26.6. The number of nitrogens with zero attached hydrogens (tertiary/aromatic N) is 1. The molecule has 2 heterocycles. The summed E-state index contributed by atoms with van der Waals surface area (Å²) in [7, 11) is 0. The minimum atomic E-state index is -0.325. The third-order valence-electron chi connectivity index (χ3n) is 5.00. The quantitative estimate of drug-likeness (QED) is 0.758. The number of carbonyl (C=O) groups excluding carboxylic acids is 2. The molecule has 0 aliphatic carbocycles. The maximum atomic E-state index is 12.4. The van der Waals surface area contributed by atoms with Crippen LogP contribution in [-0.2, 0) is 14.3 Å². The Morgan fingerprint density at radius 3 is 2.96 bits per heavy atom. The monoisotopic (exact) mass is 362 g/mol. The molecule has 6 heteroatoms. The fourth-order valence-corrected chi connectivity index (χ4v) is 4.93. The second kappa shape index (κ2) is 7.79. The van der Waals surface area contributed by atoms with Gasteiger partial charge in [-0.15, -0.1) is 11.8 Å². The Kier molecular flexibility index (Phi) is 5.69. The van der Waals surface area contributed by atoms with E-state index in [2.05, 4.69) is 12.2 Å². The van der Waals surface area contributed by atoms with Crippen LogP contribution in [0, 0.1) is 0 Å². The number of nitrogens with one attached hydrogen (secondary N) is 1. The van der Waals surface area contributed by atoms with Gasteiger partial charge in [-0.25, -0.2) is 0 Å². The van der Waals surface area contributed by atoms with Crippen LogP contribution in [0.4, 0.5) is 0 Å². The van der Waals surface area contributed by atoms with Gasteiger partial charge in [-0.1, -0.05) is 30.3 Å².